The summed E-state index contributed by atoms with van der Waals surface area (Å²) >= 11 is 0. The number of aliphatic hydroxyl groups is 1. The molecule has 0 aromatic carbocycles. The van der Waals surface area contributed by atoms with E-state index in [0.29, 0.717) is 12.8 Å². The molecule has 5 aliphatic carbocycles. The number of alkyl halides is 2. The summed E-state index contributed by atoms with van der Waals surface area (Å²) in [5, 5.41) is 11.3. The van der Waals surface area contributed by atoms with Crippen LogP contribution in [0.5, 0.6) is 0 Å². The van der Waals surface area contributed by atoms with E-state index in [2.05, 4.69) is 0 Å². The van der Waals surface area contributed by atoms with Crippen LogP contribution in [0.15, 0.2) is 12.2 Å². The first-order valence-corrected chi connectivity index (χ1v) is 12.8. The number of rotatable bonds is 6. The predicted octanol–water partition coefficient (Wildman–Crippen LogP) is 4.16. The number of allylic oxidation sites excluding steroid dienone is 2. The molecule has 5 rings (SSSR count). The van der Waals surface area contributed by atoms with Crippen molar-refractivity contribution in [1.29, 1.82) is 0 Å². The normalized spacial score (nSPS) is 52.4. The molecular formula is C27H36F2O5. The predicted molar refractivity (Wildman–Crippen MR) is 120 cm³/mol. The molecule has 0 unspecified atom stereocenters. The van der Waals surface area contributed by atoms with Crippen LogP contribution in [-0.4, -0.2) is 47.2 Å². The van der Waals surface area contributed by atoms with Crippen molar-refractivity contribution in [3.05, 3.63) is 12.2 Å². The van der Waals surface area contributed by atoms with Crippen LogP contribution in [0.25, 0.3) is 0 Å². The second-order valence-corrected chi connectivity index (χ2v) is 12.1. The Morgan fingerprint density at radius 1 is 1.24 bits per heavy atom. The molecule has 0 bridgehead atoms. The number of aliphatic hydroxyl groups excluding tert-OH is 1. The van der Waals surface area contributed by atoms with Gasteiger partial charge in [-0.1, -0.05) is 40.2 Å². The van der Waals surface area contributed by atoms with Gasteiger partial charge < -0.3 is 9.84 Å². The highest BCUT2D eigenvalue weighted by molar-refractivity contribution is 6.01. The van der Waals surface area contributed by atoms with Crippen molar-refractivity contribution in [2.45, 2.75) is 84.2 Å². The number of carbonyl (C=O) groups excluding carboxylic acids is 3. The monoisotopic (exact) mass is 478 g/mol. The highest BCUT2D eigenvalue weighted by Gasteiger charge is 2.92. The molecule has 0 aliphatic heterocycles. The summed E-state index contributed by atoms with van der Waals surface area (Å²) in [6.07, 6.45) is 2.54. The quantitative estimate of drug-likeness (QED) is 0.580. The van der Waals surface area contributed by atoms with E-state index in [4.69, 9.17) is 4.74 Å². The van der Waals surface area contributed by atoms with E-state index >= 15 is 8.78 Å². The molecule has 1 spiro atoms. The molecule has 188 valence electrons. The maximum atomic E-state index is 17.2. The largest absolute Gasteiger partial charge is 0.458 e. The minimum atomic E-state index is -2.09. The lowest BCUT2D eigenvalue weighted by molar-refractivity contribution is -0.211. The topological polar surface area (TPSA) is 80.7 Å². The van der Waals surface area contributed by atoms with Crippen molar-refractivity contribution in [2.75, 3.05) is 6.61 Å². The Kier molecular flexibility index (Phi) is 5.27. The van der Waals surface area contributed by atoms with Crippen molar-refractivity contribution in [1.82, 2.24) is 0 Å². The van der Waals surface area contributed by atoms with Gasteiger partial charge in [0.15, 0.2) is 11.6 Å². The molecule has 0 radical (unpaired) electrons. The molecule has 34 heavy (non-hydrogen) atoms. The summed E-state index contributed by atoms with van der Waals surface area (Å²) in [6, 6.07) is 0. The number of halogens is 2. The lowest BCUT2D eigenvalue weighted by atomic mass is 9.48. The average molecular weight is 479 g/mol. The SMILES string of the molecule is CCCCC(=O)OCC(=O)[C@H]1[C@H](C)C[C@H]2[C@@H]3C[C@H](F)[C@@]45C=CC(=O)[C@@H]4[C@@]5(C)[C@@]3(F)[C@@H](O)C[C@@]21C. The molecule has 1 N–H and O–H groups in total. The van der Waals surface area contributed by atoms with Gasteiger partial charge in [0, 0.05) is 35.0 Å². The van der Waals surface area contributed by atoms with Crippen molar-refractivity contribution in [2.24, 2.45) is 45.8 Å². The lowest BCUT2D eigenvalue weighted by Gasteiger charge is -2.59. The van der Waals surface area contributed by atoms with Crippen LogP contribution in [0.3, 0.4) is 0 Å². The molecule has 0 amide bonds. The van der Waals surface area contributed by atoms with Crippen LogP contribution in [-0.2, 0) is 19.1 Å². The Bertz CT molecular complexity index is 965. The van der Waals surface area contributed by atoms with Gasteiger partial charge in [0.1, 0.15) is 18.4 Å². The van der Waals surface area contributed by atoms with Crippen LogP contribution in [0.2, 0.25) is 0 Å². The van der Waals surface area contributed by atoms with E-state index < -0.39 is 57.9 Å². The van der Waals surface area contributed by atoms with E-state index in [0.717, 1.165) is 6.42 Å². The fraction of sp³-hybridized carbons (Fsp3) is 0.815. The van der Waals surface area contributed by atoms with Gasteiger partial charge >= 0.3 is 5.97 Å². The number of Topliss-reactive ketones (excluding diaryl/α,β-unsaturated/α-hetero) is 1. The molecule has 5 aliphatic rings. The van der Waals surface area contributed by atoms with Crippen LogP contribution in [0.1, 0.15) is 66.2 Å². The van der Waals surface area contributed by atoms with Crippen molar-refractivity contribution in [3.8, 4) is 0 Å². The third-order valence-corrected chi connectivity index (χ3v) is 10.8. The number of fused-ring (bicyclic) bond motifs is 5. The number of ketones is 2. The molecule has 0 aromatic rings. The van der Waals surface area contributed by atoms with Gasteiger partial charge in [-0.15, -0.1) is 0 Å². The number of esters is 1. The molecular weight excluding hydrogens is 442 g/mol. The molecule has 4 fully saturated rings. The lowest BCUT2D eigenvalue weighted by Crippen LogP contribution is -2.66. The summed E-state index contributed by atoms with van der Waals surface area (Å²) in [5.41, 5.74) is -5.24. The zero-order valence-electron chi connectivity index (χ0n) is 20.5. The molecule has 0 saturated heterocycles. The van der Waals surface area contributed by atoms with Crippen molar-refractivity contribution < 1.29 is 33.0 Å². The van der Waals surface area contributed by atoms with Gasteiger partial charge in [0.05, 0.1) is 6.10 Å². The molecule has 0 aromatic heterocycles. The average Bonchev–Trinajstić information content (AvgIpc) is 3.00. The standard InChI is InChI=1S/C27H36F2O5/c1-5-6-7-21(33)34-13-18(31)22-14(2)10-15-16-11-19(28)26-9-8-17(30)23(26)25(26,4)27(16,29)20(32)12-24(15,22)3/h8-9,14-16,19-20,22-23,32H,5-7,10-13H2,1-4H3/t14-,15+,16+,19+,20+,22-,23-,24+,25-,26+,27+/m1/s1. The summed E-state index contributed by atoms with van der Waals surface area (Å²) in [7, 11) is 0. The van der Waals surface area contributed by atoms with Gasteiger partial charge in [-0.2, -0.15) is 0 Å². The fourth-order valence-corrected chi connectivity index (χ4v) is 9.44. The second kappa shape index (κ2) is 7.44. The minimum Gasteiger partial charge on any atom is -0.458 e. The third-order valence-electron chi connectivity index (χ3n) is 10.8. The highest BCUT2D eigenvalue weighted by atomic mass is 19.1. The van der Waals surface area contributed by atoms with E-state index in [9.17, 15) is 19.5 Å². The molecule has 11 atom stereocenters. The summed E-state index contributed by atoms with van der Waals surface area (Å²) in [4.78, 5) is 37.7. The highest BCUT2D eigenvalue weighted by Crippen LogP contribution is 2.86. The van der Waals surface area contributed by atoms with Gasteiger partial charge in [-0.3, -0.25) is 14.4 Å². The Labute approximate surface area is 199 Å². The van der Waals surface area contributed by atoms with Gasteiger partial charge in [-0.05, 0) is 49.0 Å². The van der Waals surface area contributed by atoms with Gasteiger partial charge in [0.2, 0.25) is 0 Å². The summed E-state index contributed by atoms with van der Waals surface area (Å²) < 4.78 is 38.1. The number of ether oxygens (including phenoxy) is 1. The zero-order chi connectivity index (χ0) is 24.8. The van der Waals surface area contributed by atoms with Gasteiger partial charge in [-0.25, -0.2) is 8.78 Å². The number of hydrogen-bond donors (Lipinski definition) is 1. The first kappa shape index (κ1) is 24.1. The first-order chi connectivity index (χ1) is 15.9. The van der Waals surface area contributed by atoms with Crippen molar-refractivity contribution in [3.63, 3.8) is 0 Å². The third kappa shape index (κ3) is 2.60. The van der Waals surface area contributed by atoms with Crippen LogP contribution in [0.4, 0.5) is 8.78 Å². The minimum absolute atomic E-state index is 0.0584. The molecule has 5 nitrogen and oxygen atoms in total. The van der Waals surface area contributed by atoms with E-state index in [1.54, 1.807) is 13.0 Å². The smallest absolute Gasteiger partial charge is 0.306 e. The van der Waals surface area contributed by atoms with E-state index in [1.807, 2.05) is 20.8 Å². The number of unbranched alkanes of at least 4 members (excludes halogenated alkanes) is 1. The van der Waals surface area contributed by atoms with Crippen LogP contribution < -0.4 is 0 Å². The Morgan fingerprint density at radius 2 is 1.94 bits per heavy atom. The Hall–Kier alpha value is -1.63. The van der Waals surface area contributed by atoms with Crippen LogP contribution >= 0.6 is 0 Å². The maximum absolute atomic E-state index is 17.2. The number of hydrogen-bond acceptors (Lipinski definition) is 5. The Morgan fingerprint density at radius 3 is 2.62 bits per heavy atom. The van der Waals surface area contributed by atoms with Crippen molar-refractivity contribution >= 4 is 17.5 Å². The summed E-state index contributed by atoms with van der Waals surface area (Å²) in [5.74, 6) is -3.30. The second-order valence-electron chi connectivity index (χ2n) is 12.1. The molecule has 4 saturated carbocycles. The van der Waals surface area contributed by atoms with E-state index in [1.165, 1.54) is 6.08 Å². The molecule has 7 heteroatoms. The summed E-state index contributed by atoms with van der Waals surface area (Å²) in [6.45, 7) is 7.13. The van der Waals surface area contributed by atoms with Crippen LogP contribution in [0, 0.1) is 45.8 Å². The maximum Gasteiger partial charge on any atom is 0.306 e. The van der Waals surface area contributed by atoms with Gasteiger partial charge in [0.25, 0.3) is 0 Å². The first-order valence-electron chi connectivity index (χ1n) is 12.8. The Balaban J connectivity index is 1.43. The molecule has 0 heterocycles. The number of carbonyl (C=O) groups is 3. The fourth-order valence-electron chi connectivity index (χ4n) is 9.44. The van der Waals surface area contributed by atoms with E-state index in [-0.39, 0.29) is 49.3 Å². The zero-order valence-corrected chi connectivity index (χ0v) is 20.5.